The average molecular weight is 343 g/mol. The summed E-state index contributed by atoms with van der Waals surface area (Å²) in [6, 6.07) is 13.4. The number of carbonyl (C=O) groups excluding carboxylic acids is 1. The van der Waals surface area contributed by atoms with Gasteiger partial charge >= 0.3 is 0 Å². The van der Waals surface area contributed by atoms with Crippen molar-refractivity contribution in [3.8, 4) is 10.6 Å². The van der Waals surface area contributed by atoms with Crippen LogP contribution in [0.25, 0.3) is 10.6 Å². The summed E-state index contributed by atoms with van der Waals surface area (Å²) < 4.78 is 0. The van der Waals surface area contributed by atoms with Crippen molar-refractivity contribution in [3.63, 3.8) is 0 Å². The molecule has 1 aromatic heterocycles. The van der Waals surface area contributed by atoms with E-state index in [1.54, 1.807) is 17.4 Å². The molecule has 3 aromatic rings. The number of aryl methyl sites for hydroxylation is 1. The van der Waals surface area contributed by atoms with Crippen LogP contribution in [0.4, 0.5) is 0 Å². The molecule has 0 unspecified atom stereocenters. The van der Waals surface area contributed by atoms with Gasteiger partial charge in [0.2, 0.25) is 5.91 Å². The van der Waals surface area contributed by atoms with Gasteiger partial charge in [0.05, 0.1) is 0 Å². The van der Waals surface area contributed by atoms with Crippen molar-refractivity contribution in [1.82, 2.24) is 4.98 Å². The molecule has 116 valence electrons. The number of thiazole rings is 1. The van der Waals surface area contributed by atoms with Gasteiger partial charge in [0.1, 0.15) is 5.01 Å². The predicted octanol–water partition coefficient (Wildman–Crippen LogP) is 4.46. The third-order valence-electron chi connectivity index (χ3n) is 3.49. The molecule has 3 nitrogen and oxygen atoms in total. The average Bonchev–Trinajstić information content (AvgIpc) is 2.95. The van der Waals surface area contributed by atoms with Gasteiger partial charge in [-0.25, -0.2) is 4.98 Å². The molecular weight excluding hydrogens is 328 g/mol. The molecular formula is C18H15ClN2OS. The Balaban J connectivity index is 1.93. The van der Waals surface area contributed by atoms with Crippen molar-refractivity contribution in [1.29, 1.82) is 0 Å². The van der Waals surface area contributed by atoms with Gasteiger partial charge < -0.3 is 5.73 Å². The SMILES string of the molecule is Cc1ccc(C(N)=O)c(-c2ncc(Cc3cccc(Cl)c3)s2)c1. The molecule has 0 aliphatic heterocycles. The second-order valence-electron chi connectivity index (χ2n) is 5.35. The fourth-order valence-electron chi connectivity index (χ4n) is 2.41. The lowest BCUT2D eigenvalue weighted by Crippen LogP contribution is -2.12. The van der Waals surface area contributed by atoms with E-state index < -0.39 is 5.91 Å². The van der Waals surface area contributed by atoms with Crippen molar-refractivity contribution in [2.24, 2.45) is 5.73 Å². The van der Waals surface area contributed by atoms with Crippen LogP contribution in [0.2, 0.25) is 5.02 Å². The van der Waals surface area contributed by atoms with Gasteiger partial charge in [-0.2, -0.15) is 0 Å². The number of primary amides is 1. The Morgan fingerprint density at radius 2 is 2.09 bits per heavy atom. The Hall–Kier alpha value is -2.17. The number of nitrogens with zero attached hydrogens (tertiary/aromatic N) is 1. The van der Waals surface area contributed by atoms with Crippen LogP contribution in [0, 0.1) is 6.92 Å². The van der Waals surface area contributed by atoms with E-state index >= 15 is 0 Å². The molecule has 0 atom stereocenters. The Morgan fingerprint density at radius 3 is 2.83 bits per heavy atom. The van der Waals surface area contributed by atoms with Crippen LogP contribution in [0.5, 0.6) is 0 Å². The van der Waals surface area contributed by atoms with Crippen LogP contribution in [-0.2, 0) is 6.42 Å². The molecule has 5 heteroatoms. The number of nitrogens with two attached hydrogens (primary N) is 1. The smallest absolute Gasteiger partial charge is 0.249 e. The Labute approximate surface area is 143 Å². The lowest BCUT2D eigenvalue weighted by Gasteiger charge is -2.05. The zero-order chi connectivity index (χ0) is 16.4. The van der Waals surface area contributed by atoms with Crippen LogP contribution in [0.3, 0.4) is 0 Å². The van der Waals surface area contributed by atoms with Crippen molar-refractivity contribution in [2.45, 2.75) is 13.3 Å². The summed E-state index contributed by atoms with van der Waals surface area (Å²) in [5.74, 6) is -0.438. The van der Waals surface area contributed by atoms with Gasteiger partial charge in [0.25, 0.3) is 0 Å². The fourth-order valence-corrected chi connectivity index (χ4v) is 3.60. The van der Waals surface area contributed by atoms with Crippen molar-refractivity contribution < 1.29 is 4.79 Å². The van der Waals surface area contributed by atoms with Crippen LogP contribution >= 0.6 is 22.9 Å². The maximum atomic E-state index is 11.6. The number of hydrogen-bond donors (Lipinski definition) is 1. The topological polar surface area (TPSA) is 56.0 Å². The van der Waals surface area contributed by atoms with Crippen molar-refractivity contribution >= 4 is 28.8 Å². The minimum atomic E-state index is -0.438. The molecule has 0 saturated heterocycles. The van der Waals surface area contributed by atoms with Gasteiger partial charge in [0.15, 0.2) is 0 Å². The molecule has 0 bridgehead atoms. The molecule has 0 radical (unpaired) electrons. The van der Waals surface area contributed by atoms with Crippen LogP contribution in [0.15, 0.2) is 48.7 Å². The largest absolute Gasteiger partial charge is 0.366 e. The fraction of sp³-hybridized carbons (Fsp3) is 0.111. The minimum absolute atomic E-state index is 0.438. The minimum Gasteiger partial charge on any atom is -0.366 e. The molecule has 0 fully saturated rings. The number of hydrogen-bond acceptors (Lipinski definition) is 3. The Bertz CT molecular complexity index is 873. The van der Waals surface area contributed by atoms with E-state index in [-0.39, 0.29) is 0 Å². The van der Waals surface area contributed by atoms with E-state index in [0.717, 1.165) is 38.0 Å². The first kappa shape index (κ1) is 15.7. The first-order chi connectivity index (χ1) is 11.0. The van der Waals surface area contributed by atoms with Crippen LogP contribution < -0.4 is 5.73 Å². The monoisotopic (exact) mass is 342 g/mol. The number of carbonyl (C=O) groups is 1. The summed E-state index contributed by atoms with van der Waals surface area (Å²) in [5.41, 5.74) is 8.96. The van der Waals surface area contributed by atoms with E-state index in [0.29, 0.717) is 5.56 Å². The summed E-state index contributed by atoms with van der Waals surface area (Å²) in [5, 5.41) is 1.53. The quantitative estimate of drug-likeness (QED) is 0.761. The lowest BCUT2D eigenvalue weighted by atomic mass is 10.0. The van der Waals surface area contributed by atoms with E-state index in [1.165, 1.54) is 0 Å². The maximum Gasteiger partial charge on any atom is 0.249 e. The zero-order valence-corrected chi connectivity index (χ0v) is 14.1. The molecule has 2 aromatic carbocycles. The Kier molecular flexibility index (Phi) is 4.46. The molecule has 3 rings (SSSR count). The molecule has 0 saturated carbocycles. The number of benzene rings is 2. The highest BCUT2D eigenvalue weighted by Gasteiger charge is 2.14. The molecule has 23 heavy (non-hydrogen) atoms. The molecule has 1 amide bonds. The molecule has 2 N–H and O–H groups in total. The summed E-state index contributed by atoms with van der Waals surface area (Å²) in [6.07, 6.45) is 2.60. The number of aromatic nitrogens is 1. The predicted molar refractivity (Wildman–Crippen MR) is 95.1 cm³/mol. The highest BCUT2D eigenvalue weighted by Crippen LogP contribution is 2.30. The molecule has 0 spiro atoms. The standard InChI is InChI=1S/C18H15ClN2OS/c1-11-5-6-15(17(20)22)16(7-11)18-21-10-14(23-18)9-12-3-2-4-13(19)8-12/h2-8,10H,9H2,1H3,(H2,20,22). The van der Waals surface area contributed by atoms with Gasteiger partial charge in [-0.1, -0.05) is 35.4 Å². The van der Waals surface area contributed by atoms with E-state index in [9.17, 15) is 4.79 Å². The van der Waals surface area contributed by atoms with Crippen LogP contribution in [-0.4, -0.2) is 10.9 Å². The number of amides is 1. The molecule has 1 heterocycles. The highest BCUT2D eigenvalue weighted by molar-refractivity contribution is 7.15. The van der Waals surface area contributed by atoms with Gasteiger partial charge in [-0.15, -0.1) is 11.3 Å². The normalized spacial score (nSPS) is 10.7. The zero-order valence-electron chi connectivity index (χ0n) is 12.5. The second-order valence-corrected chi connectivity index (χ2v) is 6.90. The van der Waals surface area contributed by atoms with Crippen LogP contribution in [0.1, 0.15) is 26.4 Å². The van der Waals surface area contributed by atoms with Crippen molar-refractivity contribution in [2.75, 3.05) is 0 Å². The maximum absolute atomic E-state index is 11.6. The van der Waals surface area contributed by atoms with Crippen molar-refractivity contribution in [3.05, 3.63) is 75.3 Å². The summed E-state index contributed by atoms with van der Waals surface area (Å²) >= 11 is 7.59. The summed E-state index contributed by atoms with van der Waals surface area (Å²) in [6.45, 7) is 1.98. The summed E-state index contributed by atoms with van der Waals surface area (Å²) in [4.78, 5) is 17.2. The van der Waals surface area contributed by atoms with E-state index in [1.807, 2.05) is 49.5 Å². The summed E-state index contributed by atoms with van der Waals surface area (Å²) in [7, 11) is 0. The van der Waals surface area contributed by atoms with E-state index in [4.69, 9.17) is 17.3 Å². The van der Waals surface area contributed by atoms with Gasteiger partial charge in [-0.05, 0) is 36.8 Å². The first-order valence-corrected chi connectivity index (χ1v) is 8.32. The molecule has 0 aliphatic carbocycles. The molecule has 0 aliphatic rings. The van der Waals surface area contributed by atoms with Gasteiger partial charge in [-0.3, -0.25) is 4.79 Å². The number of rotatable bonds is 4. The Morgan fingerprint density at radius 1 is 1.26 bits per heavy atom. The lowest BCUT2D eigenvalue weighted by molar-refractivity contribution is 0.100. The highest BCUT2D eigenvalue weighted by atomic mass is 35.5. The number of halogens is 1. The van der Waals surface area contributed by atoms with Gasteiger partial charge in [0, 0.05) is 33.6 Å². The second kappa shape index (κ2) is 6.52. The first-order valence-electron chi connectivity index (χ1n) is 7.13. The third-order valence-corrected chi connectivity index (χ3v) is 4.76. The third kappa shape index (κ3) is 3.60. The van der Waals surface area contributed by atoms with E-state index in [2.05, 4.69) is 4.98 Å².